The van der Waals surface area contributed by atoms with Crippen molar-refractivity contribution in [3.63, 3.8) is 0 Å². The van der Waals surface area contributed by atoms with Crippen molar-refractivity contribution < 1.29 is 0 Å². The Hall–Kier alpha value is -2.84. The molecule has 0 atom stereocenters. The molecule has 0 aliphatic rings. The van der Waals surface area contributed by atoms with Gasteiger partial charge in [-0.3, -0.25) is 0 Å². The molecule has 0 spiro atoms. The summed E-state index contributed by atoms with van der Waals surface area (Å²) in [4.78, 5) is 4.58. The lowest BCUT2D eigenvalue weighted by Crippen LogP contribution is -1.92. The van der Waals surface area contributed by atoms with E-state index in [0.717, 1.165) is 22.0 Å². The third-order valence-electron chi connectivity index (χ3n) is 4.22. The van der Waals surface area contributed by atoms with Gasteiger partial charge in [-0.1, -0.05) is 59.6 Å². The summed E-state index contributed by atoms with van der Waals surface area (Å²) in [5.41, 5.74) is 2.89. The minimum absolute atomic E-state index is 0.453. The van der Waals surface area contributed by atoms with E-state index in [1.165, 1.54) is 11.3 Å². The van der Waals surface area contributed by atoms with Crippen LogP contribution in [0.4, 0.5) is 5.69 Å². The number of halogens is 2. The van der Waals surface area contributed by atoms with Gasteiger partial charge in [-0.25, -0.2) is 4.98 Å². The first-order chi connectivity index (χ1) is 13.7. The molecular weight excluding hydrogens is 409 g/mol. The number of hydrogen-bond acceptors (Lipinski definition) is 4. The number of benzene rings is 3. The Morgan fingerprint density at radius 2 is 1.89 bits per heavy atom. The molecule has 0 aliphatic carbocycles. The Labute approximate surface area is 176 Å². The summed E-state index contributed by atoms with van der Waals surface area (Å²) in [6.07, 6.45) is 1.69. The molecule has 0 unspecified atom stereocenters. The van der Waals surface area contributed by atoms with Gasteiger partial charge in [0.1, 0.15) is 16.6 Å². The molecule has 3 nitrogen and oxygen atoms in total. The van der Waals surface area contributed by atoms with Crippen LogP contribution >= 0.6 is 34.5 Å². The molecular formula is C22H13Cl2N3S. The Bertz CT molecular complexity index is 1230. The van der Waals surface area contributed by atoms with E-state index in [2.05, 4.69) is 28.5 Å². The molecule has 4 rings (SSSR count). The molecule has 0 bridgehead atoms. The smallest absolute Gasteiger partial charge is 0.136 e. The van der Waals surface area contributed by atoms with E-state index in [9.17, 15) is 5.26 Å². The van der Waals surface area contributed by atoms with Crippen molar-refractivity contribution in [3.8, 4) is 17.3 Å². The van der Waals surface area contributed by atoms with Gasteiger partial charge in [-0.2, -0.15) is 5.26 Å². The summed E-state index contributed by atoms with van der Waals surface area (Å²) < 4.78 is 0. The van der Waals surface area contributed by atoms with Gasteiger partial charge < -0.3 is 5.32 Å². The highest BCUT2D eigenvalue weighted by atomic mass is 35.5. The van der Waals surface area contributed by atoms with Crippen LogP contribution in [0.1, 0.15) is 5.01 Å². The number of aromatic nitrogens is 1. The number of allylic oxidation sites excluding steroid dienone is 1. The number of hydrogen-bond donors (Lipinski definition) is 1. The van der Waals surface area contributed by atoms with Crippen LogP contribution in [0.3, 0.4) is 0 Å². The predicted octanol–water partition coefficient (Wildman–Crippen LogP) is 7.25. The van der Waals surface area contributed by atoms with Gasteiger partial charge in [0, 0.05) is 33.2 Å². The van der Waals surface area contributed by atoms with Crippen molar-refractivity contribution in [2.24, 2.45) is 0 Å². The minimum Gasteiger partial charge on any atom is -0.360 e. The lowest BCUT2D eigenvalue weighted by molar-refractivity contribution is 1.36. The fourth-order valence-electron chi connectivity index (χ4n) is 2.86. The lowest BCUT2D eigenvalue weighted by Gasteiger charge is -2.06. The summed E-state index contributed by atoms with van der Waals surface area (Å²) in [6, 6.07) is 21.6. The molecule has 0 amide bonds. The van der Waals surface area contributed by atoms with Gasteiger partial charge in [0.05, 0.1) is 10.7 Å². The van der Waals surface area contributed by atoms with Crippen molar-refractivity contribution in [1.29, 1.82) is 5.26 Å². The first-order valence-electron chi connectivity index (χ1n) is 8.41. The molecule has 1 aromatic heterocycles. The number of nitriles is 1. The number of rotatable bonds is 4. The van der Waals surface area contributed by atoms with Crippen LogP contribution in [-0.2, 0) is 0 Å². The molecule has 0 aliphatic heterocycles. The van der Waals surface area contributed by atoms with Gasteiger partial charge in [0.25, 0.3) is 0 Å². The van der Waals surface area contributed by atoms with Gasteiger partial charge >= 0.3 is 0 Å². The highest BCUT2D eigenvalue weighted by Gasteiger charge is 2.12. The Kier molecular flexibility index (Phi) is 5.31. The molecule has 0 saturated carbocycles. The third-order valence-corrected chi connectivity index (χ3v) is 5.65. The maximum atomic E-state index is 9.61. The molecule has 0 fully saturated rings. The summed E-state index contributed by atoms with van der Waals surface area (Å²) in [6.45, 7) is 0. The number of fused-ring (bicyclic) bond motifs is 1. The molecule has 6 heteroatoms. The SMILES string of the molecule is N#C/C(=C\Nc1cccc2ccccc12)c1nc(-c2ccc(Cl)cc2Cl)cs1. The van der Waals surface area contributed by atoms with Crippen molar-refractivity contribution >= 4 is 56.6 Å². The maximum Gasteiger partial charge on any atom is 0.136 e. The third kappa shape index (κ3) is 3.74. The second-order valence-corrected chi connectivity index (χ2v) is 7.70. The molecule has 1 heterocycles. The van der Waals surface area contributed by atoms with Crippen molar-refractivity contribution in [1.82, 2.24) is 4.98 Å². The zero-order valence-corrected chi connectivity index (χ0v) is 16.8. The summed E-state index contributed by atoms with van der Waals surface area (Å²) in [5, 5.41) is 18.7. The fourth-order valence-corrected chi connectivity index (χ4v) is 4.15. The van der Waals surface area contributed by atoms with Crippen LogP contribution in [0.25, 0.3) is 27.6 Å². The Morgan fingerprint density at radius 3 is 2.71 bits per heavy atom. The van der Waals surface area contributed by atoms with Crippen LogP contribution < -0.4 is 5.32 Å². The topological polar surface area (TPSA) is 48.7 Å². The normalized spacial score (nSPS) is 11.4. The minimum atomic E-state index is 0.453. The number of nitrogens with zero attached hydrogens (tertiary/aromatic N) is 2. The molecule has 0 radical (unpaired) electrons. The molecule has 1 N–H and O–H groups in total. The monoisotopic (exact) mass is 421 g/mol. The zero-order valence-electron chi connectivity index (χ0n) is 14.5. The van der Waals surface area contributed by atoms with E-state index >= 15 is 0 Å². The molecule has 4 aromatic rings. The van der Waals surface area contributed by atoms with Crippen LogP contribution in [0.5, 0.6) is 0 Å². The van der Waals surface area contributed by atoms with E-state index in [0.29, 0.717) is 26.3 Å². The largest absolute Gasteiger partial charge is 0.360 e. The number of nitrogens with one attached hydrogen (secondary N) is 1. The summed E-state index contributed by atoms with van der Waals surface area (Å²) >= 11 is 13.6. The van der Waals surface area contributed by atoms with E-state index in [1.807, 2.05) is 41.8 Å². The number of thiazole rings is 1. The zero-order chi connectivity index (χ0) is 19.5. The van der Waals surface area contributed by atoms with E-state index in [1.54, 1.807) is 18.3 Å². The van der Waals surface area contributed by atoms with Crippen LogP contribution in [0.15, 0.2) is 72.2 Å². The van der Waals surface area contributed by atoms with Gasteiger partial charge in [0.2, 0.25) is 0 Å². The second kappa shape index (κ2) is 8.04. The molecule has 136 valence electrons. The second-order valence-electron chi connectivity index (χ2n) is 6.00. The first-order valence-corrected chi connectivity index (χ1v) is 10.0. The maximum absolute atomic E-state index is 9.61. The Morgan fingerprint density at radius 1 is 1.07 bits per heavy atom. The van der Waals surface area contributed by atoms with Gasteiger partial charge in [-0.05, 0) is 29.7 Å². The van der Waals surface area contributed by atoms with Crippen molar-refractivity contribution in [3.05, 3.63) is 87.3 Å². The molecule has 0 saturated heterocycles. The van der Waals surface area contributed by atoms with Gasteiger partial charge in [-0.15, -0.1) is 11.3 Å². The molecule has 28 heavy (non-hydrogen) atoms. The van der Waals surface area contributed by atoms with Crippen molar-refractivity contribution in [2.45, 2.75) is 0 Å². The Balaban J connectivity index is 1.64. The van der Waals surface area contributed by atoms with Crippen molar-refractivity contribution in [2.75, 3.05) is 5.32 Å². The highest BCUT2D eigenvalue weighted by Crippen LogP contribution is 2.32. The standard InChI is InChI=1S/C22H13Cl2N3S/c23-16-8-9-18(19(24)10-16)21-13-28-22(27-21)15(11-25)12-26-20-7-3-5-14-4-1-2-6-17(14)20/h1-10,12-13,26H/b15-12+. The van der Waals surface area contributed by atoms with E-state index < -0.39 is 0 Å². The molecule has 3 aromatic carbocycles. The quantitative estimate of drug-likeness (QED) is 0.353. The predicted molar refractivity (Wildman–Crippen MR) is 119 cm³/mol. The van der Waals surface area contributed by atoms with E-state index in [-0.39, 0.29) is 0 Å². The summed E-state index contributed by atoms with van der Waals surface area (Å²) in [5.74, 6) is 0. The first kappa shape index (κ1) is 18.5. The van der Waals surface area contributed by atoms with E-state index in [4.69, 9.17) is 23.2 Å². The van der Waals surface area contributed by atoms with Crippen LogP contribution in [0, 0.1) is 11.3 Å². The van der Waals surface area contributed by atoms with Crippen LogP contribution in [-0.4, -0.2) is 4.98 Å². The average Bonchev–Trinajstić information content (AvgIpc) is 3.18. The average molecular weight is 422 g/mol. The van der Waals surface area contributed by atoms with Crippen LogP contribution in [0.2, 0.25) is 10.0 Å². The van der Waals surface area contributed by atoms with Gasteiger partial charge in [0.15, 0.2) is 0 Å². The lowest BCUT2D eigenvalue weighted by atomic mass is 10.1. The highest BCUT2D eigenvalue weighted by molar-refractivity contribution is 7.11. The number of anilines is 1. The fraction of sp³-hybridized carbons (Fsp3) is 0. The summed E-state index contributed by atoms with van der Waals surface area (Å²) in [7, 11) is 0.